The number of hydrazone groups is 1. The number of benzene rings is 1. The summed E-state index contributed by atoms with van der Waals surface area (Å²) in [7, 11) is 0. The first-order valence-corrected chi connectivity index (χ1v) is 8.78. The lowest BCUT2D eigenvalue weighted by molar-refractivity contribution is -0.141. The summed E-state index contributed by atoms with van der Waals surface area (Å²) >= 11 is 3.31. The molecule has 2 heterocycles. The van der Waals surface area contributed by atoms with Crippen molar-refractivity contribution >= 4 is 51.0 Å². The summed E-state index contributed by atoms with van der Waals surface area (Å²) in [5, 5.41) is 4.93. The number of halogens is 1. The van der Waals surface area contributed by atoms with Gasteiger partial charge in [-0.1, -0.05) is 22.0 Å². The van der Waals surface area contributed by atoms with Crippen molar-refractivity contribution in [2.45, 2.75) is 32.2 Å². The SMILES string of the molecule is CCOC(=O)C1=NN(C(C)=O)[C@]2(CC(=O)N(c3cccc(Br)c3)C2=O)C1. The first kappa shape index (κ1) is 18.2. The fourth-order valence-corrected chi connectivity index (χ4v) is 3.60. The average Bonchev–Trinajstić information content (AvgIpc) is 3.07. The molecular formula is C17H16BrN3O5. The number of amides is 3. The Kier molecular flexibility index (Phi) is 4.66. The molecular weight excluding hydrogens is 406 g/mol. The minimum Gasteiger partial charge on any atom is -0.461 e. The lowest BCUT2D eigenvalue weighted by Gasteiger charge is -2.28. The Bertz CT molecular complexity index is 853. The van der Waals surface area contributed by atoms with E-state index in [0.717, 1.165) is 9.91 Å². The van der Waals surface area contributed by atoms with E-state index in [0.29, 0.717) is 10.2 Å². The molecule has 0 saturated carbocycles. The molecule has 26 heavy (non-hydrogen) atoms. The molecule has 0 bridgehead atoms. The monoisotopic (exact) mass is 421 g/mol. The van der Waals surface area contributed by atoms with Crippen LogP contribution >= 0.6 is 15.9 Å². The van der Waals surface area contributed by atoms with Crippen molar-refractivity contribution < 1.29 is 23.9 Å². The van der Waals surface area contributed by atoms with Gasteiger partial charge in [0.2, 0.25) is 11.8 Å². The zero-order valence-electron chi connectivity index (χ0n) is 14.2. The van der Waals surface area contributed by atoms with Crippen LogP contribution in [-0.4, -0.2) is 46.6 Å². The van der Waals surface area contributed by atoms with Gasteiger partial charge in [0, 0.05) is 17.8 Å². The molecule has 0 aromatic heterocycles. The van der Waals surface area contributed by atoms with Crippen molar-refractivity contribution in [2.75, 3.05) is 11.5 Å². The van der Waals surface area contributed by atoms with E-state index in [-0.39, 0.29) is 25.2 Å². The van der Waals surface area contributed by atoms with Gasteiger partial charge >= 0.3 is 5.97 Å². The summed E-state index contributed by atoms with van der Waals surface area (Å²) < 4.78 is 5.63. The van der Waals surface area contributed by atoms with Crippen molar-refractivity contribution in [2.24, 2.45) is 5.10 Å². The minimum absolute atomic E-state index is 0.0423. The molecule has 2 aliphatic heterocycles. The molecule has 136 valence electrons. The predicted octanol–water partition coefficient (Wildman–Crippen LogP) is 1.62. The molecule has 1 spiro atoms. The van der Waals surface area contributed by atoms with Gasteiger partial charge in [0.15, 0.2) is 5.54 Å². The standard InChI is InChI=1S/C17H16BrN3O5/c1-3-26-15(24)13-8-17(21(19-13)10(2)22)9-14(23)20(16(17)25)12-6-4-5-11(18)7-12/h4-7H,3,8-9H2,1-2H3/t17-/m0/s1. The first-order chi connectivity index (χ1) is 12.3. The number of rotatable bonds is 3. The van der Waals surface area contributed by atoms with Crippen LogP contribution in [0.1, 0.15) is 26.7 Å². The number of nitrogens with zero attached hydrogens (tertiary/aromatic N) is 3. The second-order valence-corrected chi connectivity index (χ2v) is 6.91. The zero-order chi connectivity index (χ0) is 19.1. The number of anilines is 1. The van der Waals surface area contributed by atoms with Crippen LogP contribution in [0, 0.1) is 0 Å². The molecule has 1 atom stereocenters. The number of esters is 1. The predicted molar refractivity (Wildman–Crippen MR) is 95.2 cm³/mol. The molecule has 1 fully saturated rings. The fourth-order valence-electron chi connectivity index (χ4n) is 3.21. The molecule has 0 N–H and O–H groups in total. The van der Waals surface area contributed by atoms with Crippen LogP contribution in [0.5, 0.6) is 0 Å². The van der Waals surface area contributed by atoms with Crippen molar-refractivity contribution in [3.63, 3.8) is 0 Å². The average molecular weight is 422 g/mol. The van der Waals surface area contributed by atoms with E-state index < -0.39 is 29.2 Å². The molecule has 1 aromatic carbocycles. The number of carbonyl (C=O) groups is 4. The maximum atomic E-state index is 13.2. The van der Waals surface area contributed by atoms with Crippen molar-refractivity contribution in [3.05, 3.63) is 28.7 Å². The van der Waals surface area contributed by atoms with Gasteiger partial charge in [0.1, 0.15) is 5.71 Å². The van der Waals surface area contributed by atoms with E-state index in [9.17, 15) is 19.2 Å². The Morgan fingerprint density at radius 3 is 2.65 bits per heavy atom. The van der Waals surface area contributed by atoms with Gasteiger partial charge in [-0.3, -0.25) is 14.4 Å². The number of carbonyl (C=O) groups excluding carboxylic acids is 4. The third-order valence-electron chi connectivity index (χ3n) is 4.26. The van der Waals surface area contributed by atoms with Crippen molar-refractivity contribution in [1.82, 2.24) is 5.01 Å². The van der Waals surface area contributed by atoms with Gasteiger partial charge < -0.3 is 4.74 Å². The highest BCUT2D eigenvalue weighted by Crippen LogP contribution is 2.41. The van der Waals surface area contributed by atoms with E-state index in [4.69, 9.17) is 4.74 Å². The second-order valence-electron chi connectivity index (χ2n) is 6.00. The summed E-state index contributed by atoms with van der Waals surface area (Å²) in [6.07, 6.45) is -0.398. The molecule has 0 radical (unpaired) electrons. The van der Waals surface area contributed by atoms with Gasteiger partial charge in [0.25, 0.3) is 5.91 Å². The maximum Gasteiger partial charge on any atom is 0.354 e. The molecule has 8 nitrogen and oxygen atoms in total. The highest BCUT2D eigenvalue weighted by atomic mass is 79.9. The van der Waals surface area contributed by atoms with Crippen LogP contribution in [0.15, 0.2) is 33.8 Å². The van der Waals surface area contributed by atoms with Gasteiger partial charge in [-0.2, -0.15) is 5.10 Å². The van der Waals surface area contributed by atoms with E-state index in [1.807, 2.05) is 0 Å². The second kappa shape index (κ2) is 6.64. The number of imide groups is 1. The summed E-state index contributed by atoms with van der Waals surface area (Å²) in [6.45, 7) is 3.02. The van der Waals surface area contributed by atoms with Gasteiger partial charge in [-0.25, -0.2) is 14.7 Å². The maximum absolute atomic E-state index is 13.2. The highest BCUT2D eigenvalue weighted by Gasteiger charge is 2.61. The summed E-state index contributed by atoms with van der Waals surface area (Å²) in [4.78, 5) is 50.9. The Balaban J connectivity index is 1.99. The van der Waals surface area contributed by atoms with E-state index >= 15 is 0 Å². The highest BCUT2D eigenvalue weighted by molar-refractivity contribution is 9.10. The lowest BCUT2D eigenvalue weighted by Crippen LogP contribution is -2.51. The molecule has 1 aromatic rings. The summed E-state index contributed by atoms with van der Waals surface area (Å²) in [5.41, 5.74) is -1.17. The Morgan fingerprint density at radius 1 is 1.31 bits per heavy atom. The molecule has 1 saturated heterocycles. The quantitative estimate of drug-likeness (QED) is 0.545. The smallest absolute Gasteiger partial charge is 0.354 e. The minimum atomic E-state index is -1.52. The zero-order valence-corrected chi connectivity index (χ0v) is 15.8. The van der Waals surface area contributed by atoms with Crippen LogP contribution in [0.4, 0.5) is 5.69 Å². The molecule has 3 amide bonds. The van der Waals surface area contributed by atoms with Crippen LogP contribution in [-0.2, 0) is 23.9 Å². The van der Waals surface area contributed by atoms with Gasteiger partial charge in [-0.05, 0) is 25.1 Å². The lowest BCUT2D eigenvalue weighted by atomic mass is 9.91. The van der Waals surface area contributed by atoms with Crippen LogP contribution < -0.4 is 4.90 Å². The normalized spacial score (nSPS) is 22.2. The fraction of sp³-hybridized carbons (Fsp3) is 0.353. The van der Waals surface area contributed by atoms with Crippen LogP contribution in [0.25, 0.3) is 0 Å². The summed E-state index contributed by atoms with van der Waals surface area (Å²) in [6, 6.07) is 6.72. The van der Waals surface area contributed by atoms with Crippen molar-refractivity contribution in [3.8, 4) is 0 Å². The molecule has 9 heteroatoms. The Labute approximate surface area is 157 Å². The molecule has 2 aliphatic rings. The Hall–Kier alpha value is -2.55. The number of ether oxygens (including phenoxy) is 1. The topological polar surface area (TPSA) is 96.3 Å². The van der Waals surface area contributed by atoms with Gasteiger partial charge in [-0.15, -0.1) is 0 Å². The molecule has 3 rings (SSSR count). The third-order valence-corrected chi connectivity index (χ3v) is 4.75. The van der Waals surface area contributed by atoms with Crippen LogP contribution in [0.3, 0.4) is 0 Å². The van der Waals surface area contributed by atoms with Crippen molar-refractivity contribution in [1.29, 1.82) is 0 Å². The van der Waals surface area contributed by atoms with Crippen LogP contribution in [0.2, 0.25) is 0 Å². The number of hydrogen-bond donors (Lipinski definition) is 0. The van der Waals surface area contributed by atoms with E-state index in [2.05, 4.69) is 21.0 Å². The van der Waals surface area contributed by atoms with E-state index in [1.54, 1.807) is 31.2 Å². The number of hydrogen-bond acceptors (Lipinski definition) is 6. The third kappa shape index (κ3) is 2.82. The first-order valence-electron chi connectivity index (χ1n) is 7.98. The molecule has 0 aliphatic carbocycles. The van der Waals surface area contributed by atoms with Gasteiger partial charge in [0.05, 0.1) is 18.7 Å². The molecule has 0 unspecified atom stereocenters. The largest absolute Gasteiger partial charge is 0.461 e. The summed E-state index contributed by atoms with van der Waals surface area (Å²) in [5.74, 6) is -2.27. The Morgan fingerprint density at radius 2 is 2.04 bits per heavy atom. The van der Waals surface area contributed by atoms with E-state index in [1.165, 1.54) is 6.92 Å².